The third kappa shape index (κ3) is 13.3. The van der Waals surface area contributed by atoms with Gasteiger partial charge in [0.25, 0.3) is 0 Å². The highest BCUT2D eigenvalue weighted by Crippen LogP contribution is 2.12. The average molecular weight is 414 g/mol. The Morgan fingerprint density at radius 1 is 0.931 bits per heavy atom. The number of alkyl carbamates (subject to hydrolysis) is 1. The molecule has 9 heteroatoms. The summed E-state index contributed by atoms with van der Waals surface area (Å²) in [5.74, 6) is -1.72. The molecule has 0 aromatic heterocycles. The van der Waals surface area contributed by atoms with Gasteiger partial charge in [0.15, 0.2) is 0 Å². The van der Waals surface area contributed by atoms with Crippen molar-refractivity contribution in [1.29, 1.82) is 0 Å². The van der Waals surface area contributed by atoms with Crippen LogP contribution in [0.3, 0.4) is 0 Å². The van der Waals surface area contributed by atoms with Crippen LogP contribution in [0.25, 0.3) is 0 Å². The lowest BCUT2D eigenvalue weighted by molar-refractivity contribution is -0.158. The monoisotopic (exact) mass is 413 g/mol. The molecule has 0 saturated heterocycles. The van der Waals surface area contributed by atoms with Gasteiger partial charge >= 0.3 is 12.1 Å². The summed E-state index contributed by atoms with van der Waals surface area (Å²) >= 11 is 0. The summed E-state index contributed by atoms with van der Waals surface area (Å²) in [7, 11) is 0. The smallest absolute Gasteiger partial charge is 0.408 e. The first-order valence-corrected chi connectivity index (χ1v) is 9.44. The Morgan fingerprint density at radius 2 is 1.45 bits per heavy atom. The van der Waals surface area contributed by atoms with Crippen LogP contribution in [0.15, 0.2) is 12.2 Å². The van der Waals surface area contributed by atoms with Crippen molar-refractivity contribution >= 4 is 23.9 Å². The predicted molar refractivity (Wildman–Crippen MR) is 109 cm³/mol. The molecule has 3 N–H and O–H groups in total. The van der Waals surface area contributed by atoms with Gasteiger partial charge in [0.05, 0.1) is 6.54 Å². The van der Waals surface area contributed by atoms with Crippen molar-refractivity contribution in [2.24, 2.45) is 0 Å². The molecule has 0 aliphatic heterocycles. The van der Waals surface area contributed by atoms with Gasteiger partial charge in [-0.05, 0) is 61.8 Å². The zero-order chi connectivity index (χ0) is 23.0. The van der Waals surface area contributed by atoms with Gasteiger partial charge in [0.1, 0.15) is 23.3 Å². The standard InChI is InChI=1S/C20H35N3O6/c1-12(2)10-14(17(26)28-19(4,5)6)23-15(24)11-21-16(25)13(3)22-18(27)29-20(7,8)9/h13-14H,1,10-11H2,2-9H3,(H,21,25)(H,22,27)(H,23,24)/t13-,14-/m0/s1. The highest BCUT2D eigenvalue weighted by Gasteiger charge is 2.27. The molecule has 0 aromatic rings. The SMILES string of the molecule is C=C(C)C[C@H](NC(=O)CNC(=O)[C@H](C)NC(=O)OC(C)(C)C)C(=O)OC(C)(C)C. The molecule has 9 nitrogen and oxygen atoms in total. The Kier molecular flexibility index (Phi) is 9.86. The fourth-order valence-corrected chi connectivity index (χ4v) is 2.03. The topological polar surface area (TPSA) is 123 Å². The van der Waals surface area contributed by atoms with Crippen molar-refractivity contribution < 1.29 is 28.7 Å². The Labute approximate surface area is 173 Å². The van der Waals surface area contributed by atoms with Gasteiger partial charge in [0.2, 0.25) is 11.8 Å². The van der Waals surface area contributed by atoms with Crippen molar-refractivity contribution in [3.63, 3.8) is 0 Å². The number of nitrogens with one attached hydrogen (secondary N) is 3. The van der Waals surface area contributed by atoms with E-state index in [0.717, 1.165) is 0 Å². The molecule has 0 unspecified atom stereocenters. The summed E-state index contributed by atoms with van der Waals surface area (Å²) in [6.45, 7) is 16.9. The quantitative estimate of drug-likeness (QED) is 0.412. The third-order valence-corrected chi connectivity index (χ3v) is 3.13. The van der Waals surface area contributed by atoms with Crippen LogP contribution in [0.5, 0.6) is 0 Å². The van der Waals surface area contributed by atoms with E-state index in [0.29, 0.717) is 5.57 Å². The maximum absolute atomic E-state index is 12.3. The van der Waals surface area contributed by atoms with Crippen molar-refractivity contribution in [3.8, 4) is 0 Å². The molecule has 0 radical (unpaired) electrons. The fourth-order valence-electron chi connectivity index (χ4n) is 2.03. The van der Waals surface area contributed by atoms with E-state index >= 15 is 0 Å². The van der Waals surface area contributed by atoms with Gasteiger partial charge in [-0.15, -0.1) is 6.58 Å². The lowest BCUT2D eigenvalue weighted by Gasteiger charge is -2.25. The second-order valence-corrected chi connectivity index (χ2v) is 8.90. The van der Waals surface area contributed by atoms with E-state index in [1.165, 1.54) is 6.92 Å². The predicted octanol–water partition coefficient (Wildman–Crippen LogP) is 1.81. The van der Waals surface area contributed by atoms with Crippen molar-refractivity contribution in [2.45, 2.75) is 85.1 Å². The molecule has 0 saturated carbocycles. The van der Waals surface area contributed by atoms with Crippen LogP contribution in [0.2, 0.25) is 0 Å². The van der Waals surface area contributed by atoms with Crippen LogP contribution in [0.1, 0.15) is 61.8 Å². The van der Waals surface area contributed by atoms with Crippen LogP contribution in [-0.4, -0.2) is 53.7 Å². The van der Waals surface area contributed by atoms with Crippen molar-refractivity contribution in [2.75, 3.05) is 6.54 Å². The molecule has 0 aliphatic carbocycles. The number of rotatable bonds is 8. The summed E-state index contributed by atoms with van der Waals surface area (Å²) in [6, 6.07) is -1.82. The zero-order valence-corrected chi connectivity index (χ0v) is 18.7. The minimum absolute atomic E-state index is 0.213. The number of ether oxygens (including phenoxy) is 2. The summed E-state index contributed by atoms with van der Waals surface area (Å²) in [4.78, 5) is 48.2. The van der Waals surface area contributed by atoms with Gasteiger partial charge < -0.3 is 25.4 Å². The molecule has 0 bridgehead atoms. The maximum Gasteiger partial charge on any atom is 0.408 e. The lowest BCUT2D eigenvalue weighted by Crippen LogP contribution is -2.51. The first-order chi connectivity index (χ1) is 13.0. The average Bonchev–Trinajstić information content (AvgIpc) is 2.47. The number of esters is 1. The Morgan fingerprint density at radius 3 is 1.90 bits per heavy atom. The van der Waals surface area contributed by atoms with Crippen LogP contribution < -0.4 is 16.0 Å². The van der Waals surface area contributed by atoms with Gasteiger partial charge in [-0.25, -0.2) is 9.59 Å². The maximum atomic E-state index is 12.3. The summed E-state index contributed by atoms with van der Waals surface area (Å²) < 4.78 is 10.4. The van der Waals surface area contributed by atoms with E-state index in [-0.39, 0.29) is 13.0 Å². The Bertz CT molecular complexity index is 631. The molecular formula is C20H35N3O6. The third-order valence-electron chi connectivity index (χ3n) is 3.13. The van der Waals surface area contributed by atoms with E-state index in [1.54, 1.807) is 48.5 Å². The normalized spacial score (nSPS) is 13.5. The number of hydrogen-bond acceptors (Lipinski definition) is 6. The van der Waals surface area contributed by atoms with Crippen molar-refractivity contribution in [1.82, 2.24) is 16.0 Å². The first-order valence-electron chi connectivity index (χ1n) is 9.44. The molecular weight excluding hydrogens is 378 g/mol. The molecule has 0 aromatic carbocycles. The largest absolute Gasteiger partial charge is 0.458 e. The van der Waals surface area contributed by atoms with Gasteiger partial charge in [-0.1, -0.05) is 5.57 Å². The van der Waals surface area contributed by atoms with Crippen LogP contribution >= 0.6 is 0 Å². The van der Waals surface area contributed by atoms with E-state index < -0.39 is 47.2 Å². The number of hydrogen-bond donors (Lipinski definition) is 3. The first kappa shape index (κ1) is 26.4. The highest BCUT2D eigenvalue weighted by molar-refractivity contribution is 5.91. The van der Waals surface area contributed by atoms with Crippen LogP contribution in [-0.2, 0) is 23.9 Å². The lowest BCUT2D eigenvalue weighted by atomic mass is 10.1. The molecule has 2 atom stereocenters. The summed E-state index contributed by atoms with van der Waals surface area (Å²) in [5.41, 5.74) is -0.702. The molecule has 166 valence electrons. The summed E-state index contributed by atoms with van der Waals surface area (Å²) in [6.07, 6.45) is -0.526. The van der Waals surface area contributed by atoms with Crippen LogP contribution in [0, 0.1) is 0 Å². The molecule has 0 fully saturated rings. The highest BCUT2D eigenvalue weighted by atomic mass is 16.6. The second kappa shape index (κ2) is 10.8. The molecule has 3 amide bonds. The van der Waals surface area contributed by atoms with E-state index in [9.17, 15) is 19.2 Å². The molecule has 0 heterocycles. The second-order valence-electron chi connectivity index (χ2n) is 8.90. The number of carbonyl (C=O) groups excluding carboxylic acids is 4. The van der Waals surface area contributed by atoms with Crippen LogP contribution in [0.4, 0.5) is 4.79 Å². The van der Waals surface area contributed by atoms with E-state index in [2.05, 4.69) is 22.5 Å². The Hall–Kier alpha value is -2.58. The van der Waals surface area contributed by atoms with E-state index in [1.807, 2.05) is 0 Å². The number of amides is 3. The van der Waals surface area contributed by atoms with Gasteiger partial charge in [-0.3, -0.25) is 9.59 Å². The zero-order valence-electron chi connectivity index (χ0n) is 18.7. The van der Waals surface area contributed by atoms with Crippen molar-refractivity contribution in [3.05, 3.63) is 12.2 Å². The van der Waals surface area contributed by atoms with Gasteiger partial charge in [0, 0.05) is 0 Å². The molecule has 0 rings (SSSR count). The number of carbonyl (C=O) groups is 4. The van der Waals surface area contributed by atoms with Gasteiger partial charge in [-0.2, -0.15) is 0 Å². The Balaban J connectivity index is 4.68. The minimum atomic E-state index is -0.909. The molecule has 0 spiro atoms. The molecule has 29 heavy (non-hydrogen) atoms. The minimum Gasteiger partial charge on any atom is -0.458 e. The summed E-state index contributed by atoms with van der Waals surface area (Å²) in [5, 5.41) is 7.32. The van der Waals surface area contributed by atoms with E-state index in [4.69, 9.17) is 9.47 Å². The molecule has 0 aliphatic rings. The fraction of sp³-hybridized carbons (Fsp3) is 0.700.